The maximum absolute atomic E-state index is 3.61. The van der Waals surface area contributed by atoms with Crippen LogP contribution in [-0.2, 0) is 0 Å². The Balaban J connectivity index is 1.94. The van der Waals surface area contributed by atoms with Gasteiger partial charge in [0.1, 0.15) is 0 Å². The third-order valence-electron chi connectivity index (χ3n) is 4.46. The van der Waals surface area contributed by atoms with Gasteiger partial charge in [-0.2, -0.15) is 0 Å². The van der Waals surface area contributed by atoms with Crippen LogP contribution in [0.15, 0.2) is 28.9 Å². The predicted molar refractivity (Wildman–Crippen MR) is 92.7 cm³/mol. The number of halogens is 1. The summed E-state index contributed by atoms with van der Waals surface area (Å²) in [5.74, 6) is 0. The van der Waals surface area contributed by atoms with Crippen LogP contribution in [0.5, 0.6) is 0 Å². The molecule has 2 aromatic rings. The lowest BCUT2D eigenvalue weighted by molar-refractivity contribution is 0.164. The topological polar surface area (TPSA) is 31.1 Å². The van der Waals surface area contributed by atoms with Crippen molar-refractivity contribution in [3.8, 4) is 0 Å². The monoisotopic (exact) mass is 349 g/mol. The summed E-state index contributed by atoms with van der Waals surface area (Å²) >= 11 is 3.61. The maximum Gasteiger partial charge on any atom is 0.0458 e. The molecule has 114 valence electrons. The fourth-order valence-corrected chi connectivity index (χ4v) is 3.68. The molecule has 4 heteroatoms. The lowest BCUT2D eigenvalue weighted by Gasteiger charge is -2.35. The number of nitrogens with one attached hydrogen (secondary N) is 2. The Bertz CT molecular complexity index is 587. The van der Waals surface area contributed by atoms with Crippen LogP contribution in [0.25, 0.3) is 10.9 Å². The zero-order chi connectivity index (χ0) is 14.7. The number of hydrogen-bond acceptors (Lipinski definition) is 2. The SMILES string of the molecule is CCCC[C@H](c1c[nH]c2ccc(Br)cc12)N1CCNCC1. The van der Waals surface area contributed by atoms with Crippen LogP contribution in [0.1, 0.15) is 37.8 Å². The first-order valence-corrected chi connectivity index (χ1v) is 8.80. The molecule has 1 aromatic heterocycles. The third-order valence-corrected chi connectivity index (χ3v) is 4.95. The van der Waals surface area contributed by atoms with Crippen LogP contribution in [0.2, 0.25) is 0 Å². The fraction of sp³-hybridized carbons (Fsp3) is 0.529. The van der Waals surface area contributed by atoms with E-state index in [1.807, 2.05) is 0 Å². The van der Waals surface area contributed by atoms with E-state index in [4.69, 9.17) is 0 Å². The van der Waals surface area contributed by atoms with Gasteiger partial charge in [-0.25, -0.2) is 0 Å². The molecule has 0 bridgehead atoms. The summed E-state index contributed by atoms with van der Waals surface area (Å²) in [5.41, 5.74) is 2.70. The zero-order valence-corrected chi connectivity index (χ0v) is 14.2. The Kier molecular flexibility index (Phi) is 4.99. The number of unbranched alkanes of at least 4 members (excludes halogenated alkanes) is 1. The maximum atomic E-state index is 3.61. The highest BCUT2D eigenvalue weighted by molar-refractivity contribution is 9.10. The molecule has 21 heavy (non-hydrogen) atoms. The van der Waals surface area contributed by atoms with Crippen molar-refractivity contribution in [1.29, 1.82) is 0 Å². The van der Waals surface area contributed by atoms with Gasteiger partial charge in [0.05, 0.1) is 0 Å². The number of aromatic nitrogens is 1. The first-order chi connectivity index (χ1) is 10.3. The number of nitrogens with zero attached hydrogens (tertiary/aromatic N) is 1. The van der Waals surface area contributed by atoms with Crippen LogP contribution >= 0.6 is 15.9 Å². The van der Waals surface area contributed by atoms with E-state index in [-0.39, 0.29) is 0 Å². The number of benzene rings is 1. The average molecular weight is 350 g/mol. The zero-order valence-electron chi connectivity index (χ0n) is 12.7. The highest BCUT2D eigenvalue weighted by atomic mass is 79.9. The van der Waals surface area contributed by atoms with Crippen LogP contribution in [0.4, 0.5) is 0 Å². The number of rotatable bonds is 5. The van der Waals surface area contributed by atoms with Crippen molar-refractivity contribution in [2.75, 3.05) is 26.2 Å². The van der Waals surface area contributed by atoms with E-state index in [9.17, 15) is 0 Å². The molecule has 0 spiro atoms. The molecule has 2 N–H and O–H groups in total. The molecule has 0 radical (unpaired) electrons. The Morgan fingerprint density at radius 1 is 1.29 bits per heavy atom. The molecule has 3 nitrogen and oxygen atoms in total. The van der Waals surface area contributed by atoms with Crippen LogP contribution in [-0.4, -0.2) is 36.1 Å². The molecule has 1 aliphatic rings. The number of H-pyrrole nitrogens is 1. The second-order valence-corrected chi connectivity index (χ2v) is 6.79. The minimum absolute atomic E-state index is 0.537. The molecular formula is C17H24BrN3. The number of aromatic amines is 1. The van der Waals surface area contributed by atoms with Crippen LogP contribution < -0.4 is 5.32 Å². The van der Waals surface area contributed by atoms with Gasteiger partial charge >= 0.3 is 0 Å². The molecule has 0 unspecified atom stereocenters. The second kappa shape index (κ2) is 6.95. The number of piperazine rings is 1. The smallest absolute Gasteiger partial charge is 0.0458 e. The van der Waals surface area contributed by atoms with Crippen molar-refractivity contribution in [1.82, 2.24) is 15.2 Å². The average Bonchev–Trinajstić information content (AvgIpc) is 2.92. The summed E-state index contributed by atoms with van der Waals surface area (Å²) in [6.45, 7) is 6.79. The minimum Gasteiger partial charge on any atom is -0.361 e. The van der Waals surface area contributed by atoms with Crippen molar-refractivity contribution in [3.05, 3.63) is 34.4 Å². The molecule has 1 atom stereocenters. The van der Waals surface area contributed by atoms with E-state index < -0.39 is 0 Å². The highest BCUT2D eigenvalue weighted by Gasteiger charge is 2.24. The second-order valence-electron chi connectivity index (χ2n) is 5.88. The van der Waals surface area contributed by atoms with E-state index in [0.717, 1.165) is 30.7 Å². The Morgan fingerprint density at radius 3 is 2.86 bits per heavy atom. The summed E-state index contributed by atoms with van der Waals surface area (Å²) in [5, 5.41) is 4.83. The number of hydrogen-bond donors (Lipinski definition) is 2. The first kappa shape index (κ1) is 15.1. The molecular weight excluding hydrogens is 326 g/mol. The Labute approximate surface area is 135 Å². The van der Waals surface area contributed by atoms with E-state index in [0.29, 0.717) is 6.04 Å². The van der Waals surface area contributed by atoms with Crippen molar-refractivity contribution < 1.29 is 0 Å². The van der Waals surface area contributed by atoms with Crippen LogP contribution in [0, 0.1) is 0 Å². The van der Waals surface area contributed by atoms with Gasteiger partial charge in [-0.3, -0.25) is 4.90 Å². The van der Waals surface area contributed by atoms with Crippen molar-refractivity contribution in [2.24, 2.45) is 0 Å². The van der Waals surface area contributed by atoms with Gasteiger partial charge in [0.15, 0.2) is 0 Å². The van der Waals surface area contributed by atoms with Crippen molar-refractivity contribution in [2.45, 2.75) is 32.2 Å². The molecule has 0 amide bonds. The van der Waals surface area contributed by atoms with Crippen LogP contribution in [0.3, 0.4) is 0 Å². The van der Waals surface area contributed by atoms with E-state index >= 15 is 0 Å². The van der Waals surface area contributed by atoms with Crippen molar-refractivity contribution >= 4 is 26.8 Å². The van der Waals surface area contributed by atoms with Gasteiger partial charge < -0.3 is 10.3 Å². The standard InChI is InChI=1S/C17H24BrN3/c1-2-3-4-17(21-9-7-19-8-10-21)15-12-20-16-6-5-13(18)11-14(15)16/h5-6,11-12,17,19-20H,2-4,7-10H2,1H3/t17-/m1/s1. The molecule has 1 aliphatic heterocycles. The summed E-state index contributed by atoms with van der Waals surface area (Å²) in [7, 11) is 0. The summed E-state index contributed by atoms with van der Waals surface area (Å²) in [4.78, 5) is 6.10. The molecule has 1 fully saturated rings. The molecule has 1 aromatic carbocycles. The molecule has 0 aliphatic carbocycles. The van der Waals surface area contributed by atoms with Gasteiger partial charge in [-0.1, -0.05) is 35.7 Å². The van der Waals surface area contributed by atoms with E-state index in [1.165, 1.54) is 35.7 Å². The summed E-state index contributed by atoms with van der Waals surface area (Å²) in [6.07, 6.45) is 6.01. The van der Waals surface area contributed by atoms with E-state index in [2.05, 4.69) is 62.5 Å². The van der Waals surface area contributed by atoms with Gasteiger partial charge in [-0.15, -0.1) is 0 Å². The van der Waals surface area contributed by atoms with Gasteiger partial charge in [0.25, 0.3) is 0 Å². The molecule has 3 rings (SSSR count). The Hall–Kier alpha value is -0.840. The third kappa shape index (κ3) is 3.33. The first-order valence-electron chi connectivity index (χ1n) is 8.01. The van der Waals surface area contributed by atoms with Gasteiger partial charge in [-0.05, 0) is 30.2 Å². The molecule has 0 saturated carbocycles. The lowest BCUT2D eigenvalue weighted by Crippen LogP contribution is -2.45. The van der Waals surface area contributed by atoms with E-state index in [1.54, 1.807) is 0 Å². The lowest BCUT2D eigenvalue weighted by atomic mass is 9.98. The highest BCUT2D eigenvalue weighted by Crippen LogP contribution is 2.33. The van der Waals surface area contributed by atoms with Gasteiger partial charge in [0, 0.05) is 53.8 Å². The number of fused-ring (bicyclic) bond motifs is 1. The molecule has 1 saturated heterocycles. The minimum atomic E-state index is 0.537. The summed E-state index contributed by atoms with van der Waals surface area (Å²) < 4.78 is 1.16. The molecule has 2 heterocycles. The predicted octanol–water partition coefficient (Wildman–Crippen LogP) is 4.07. The normalized spacial score (nSPS) is 18.2. The fourth-order valence-electron chi connectivity index (χ4n) is 3.32. The van der Waals surface area contributed by atoms with Crippen molar-refractivity contribution in [3.63, 3.8) is 0 Å². The Morgan fingerprint density at radius 2 is 2.10 bits per heavy atom. The largest absolute Gasteiger partial charge is 0.361 e. The quantitative estimate of drug-likeness (QED) is 0.852. The van der Waals surface area contributed by atoms with Gasteiger partial charge in [0.2, 0.25) is 0 Å². The summed E-state index contributed by atoms with van der Waals surface area (Å²) in [6, 6.07) is 7.06.